The maximum absolute atomic E-state index is 11.7. The van der Waals surface area contributed by atoms with Crippen molar-refractivity contribution in [1.82, 2.24) is 14.8 Å². The van der Waals surface area contributed by atoms with Crippen molar-refractivity contribution in [2.45, 2.75) is 6.54 Å². The second kappa shape index (κ2) is 5.29. The fraction of sp³-hybridized carbons (Fsp3) is 0.100. The average molecular weight is 316 g/mol. The van der Waals surface area contributed by atoms with E-state index in [1.54, 1.807) is 18.2 Å². The Morgan fingerprint density at radius 2 is 2.35 bits per heavy atom. The third-order valence-corrected chi connectivity index (χ3v) is 3.40. The van der Waals surface area contributed by atoms with E-state index in [0.29, 0.717) is 15.2 Å². The molecule has 0 bridgehead atoms. The monoisotopic (exact) mass is 314 g/mol. The molecule has 0 saturated heterocycles. The molecule has 2 aromatic rings. The van der Waals surface area contributed by atoms with Gasteiger partial charge in [0.05, 0.1) is 15.2 Å². The quantitative estimate of drug-likeness (QED) is 0.945. The smallest absolute Gasteiger partial charge is 0.246 e. The molecule has 0 saturated carbocycles. The minimum atomic E-state index is -0.196. The summed E-state index contributed by atoms with van der Waals surface area (Å²) in [5, 5.41) is 7.12. The van der Waals surface area contributed by atoms with Crippen molar-refractivity contribution in [3.63, 3.8) is 0 Å². The highest BCUT2D eigenvalue weighted by atomic mass is 79.9. The predicted octanol–water partition coefficient (Wildman–Crippen LogP) is 2.33. The number of anilines is 1. The van der Waals surface area contributed by atoms with Gasteiger partial charge in [-0.1, -0.05) is 17.7 Å². The number of nitrogens with zero attached hydrogens (tertiary/aromatic N) is 3. The molecule has 0 fully saturated rings. The minimum absolute atomic E-state index is 0.110. The Balaban J connectivity index is 2.06. The minimum Gasteiger partial charge on any atom is -0.323 e. The Bertz CT molecular complexity index is 529. The van der Waals surface area contributed by atoms with Gasteiger partial charge < -0.3 is 5.32 Å². The molecule has 17 heavy (non-hydrogen) atoms. The van der Waals surface area contributed by atoms with Crippen LogP contribution < -0.4 is 5.32 Å². The van der Waals surface area contributed by atoms with Crippen molar-refractivity contribution in [2.24, 2.45) is 0 Å². The lowest BCUT2D eigenvalue weighted by Gasteiger charge is -2.08. The van der Waals surface area contributed by atoms with Crippen molar-refractivity contribution < 1.29 is 4.79 Å². The van der Waals surface area contributed by atoms with Gasteiger partial charge in [-0.15, -0.1) is 0 Å². The molecule has 1 heterocycles. The zero-order valence-electron chi connectivity index (χ0n) is 8.60. The van der Waals surface area contributed by atoms with Crippen molar-refractivity contribution in [2.75, 3.05) is 5.32 Å². The van der Waals surface area contributed by atoms with Gasteiger partial charge in [0, 0.05) is 0 Å². The number of halogens is 2. The van der Waals surface area contributed by atoms with Gasteiger partial charge in [0.2, 0.25) is 5.91 Å². The summed E-state index contributed by atoms with van der Waals surface area (Å²) in [6, 6.07) is 5.26. The predicted molar refractivity (Wildman–Crippen MR) is 67.8 cm³/mol. The molecule has 1 N–H and O–H groups in total. The van der Waals surface area contributed by atoms with Crippen LogP contribution in [0.25, 0.3) is 0 Å². The summed E-state index contributed by atoms with van der Waals surface area (Å²) in [7, 11) is 0. The van der Waals surface area contributed by atoms with E-state index >= 15 is 0 Å². The molecule has 0 aliphatic carbocycles. The van der Waals surface area contributed by atoms with Gasteiger partial charge in [-0.2, -0.15) is 5.10 Å². The maximum atomic E-state index is 11.7. The molecule has 0 spiro atoms. The van der Waals surface area contributed by atoms with Gasteiger partial charge >= 0.3 is 0 Å². The highest BCUT2D eigenvalue weighted by Crippen LogP contribution is 2.29. The van der Waals surface area contributed by atoms with Gasteiger partial charge in [-0.3, -0.25) is 4.79 Å². The van der Waals surface area contributed by atoms with E-state index in [1.807, 2.05) is 0 Å². The normalized spacial score (nSPS) is 10.2. The Morgan fingerprint density at radius 3 is 3.06 bits per heavy atom. The molecular weight excluding hydrogens is 307 g/mol. The molecule has 7 heteroatoms. The summed E-state index contributed by atoms with van der Waals surface area (Å²) in [4.78, 5) is 15.4. The molecule has 1 amide bonds. The van der Waals surface area contributed by atoms with Gasteiger partial charge in [-0.05, 0) is 28.1 Å². The molecule has 0 aliphatic heterocycles. The highest BCUT2D eigenvalue weighted by molar-refractivity contribution is 9.10. The molecule has 0 radical (unpaired) electrons. The average Bonchev–Trinajstić information content (AvgIpc) is 2.77. The molecule has 1 aromatic heterocycles. The number of carbonyl (C=O) groups is 1. The number of hydrogen-bond donors (Lipinski definition) is 1. The first-order chi connectivity index (χ1) is 8.16. The Kier molecular flexibility index (Phi) is 3.75. The van der Waals surface area contributed by atoms with Crippen LogP contribution in [0.5, 0.6) is 0 Å². The standard InChI is InChI=1S/C10H8BrClN4O/c11-10-7(12)2-1-3-8(10)15-9(17)4-16-6-13-5-14-16/h1-3,5-6H,4H2,(H,15,17). The van der Waals surface area contributed by atoms with E-state index in [0.717, 1.165) is 0 Å². The van der Waals surface area contributed by atoms with Crippen LogP contribution in [-0.4, -0.2) is 20.7 Å². The van der Waals surface area contributed by atoms with Gasteiger partial charge in [-0.25, -0.2) is 9.67 Å². The van der Waals surface area contributed by atoms with E-state index in [-0.39, 0.29) is 12.5 Å². The van der Waals surface area contributed by atoms with E-state index in [9.17, 15) is 4.79 Å². The zero-order valence-corrected chi connectivity index (χ0v) is 10.9. The first kappa shape index (κ1) is 12.1. The summed E-state index contributed by atoms with van der Waals surface area (Å²) < 4.78 is 2.10. The van der Waals surface area contributed by atoms with Crippen molar-refractivity contribution in [3.05, 3.63) is 40.3 Å². The molecule has 0 aliphatic rings. The van der Waals surface area contributed by atoms with Gasteiger partial charge in [0.1, 0.15) is 19.2 Å². The van der Waals surface area contributed by atoms with Gasteiger partial charge in [0.25, 0.3) is 0 Å². The number of rotatable bonds is 3. The summed E-state index contributed by atoms with van der Waals surface area (Å²) in [5.41, 5.74) is 0.627. The van der Waals surface area contributed by atoms with Crippen molar-refractivity contribution in [1.29, 1.82) is 0 Å². The van der Waals surface area contributed by atoms with Crippen molar-refractivity contribution >= 4 is 39.1 Å². The summed E-state index contributed by atoms with van der Waals surface area (Å²) in [6.07, 6.45) is 2.86. The lowest BCUT2D eigenvalue weighted by molar-refractivity contribution is -0.116. The lowest BCUT2D eigenvalue weighted by Crippen LogP contribution is -2.19. The molecule has 0 unspecified atom stereocenters. The first-order valence-corrected chi connectivity index (χ1v) is 5.90. The number of hydrogen-bond acceptors (Lipinski definition) is 3. The van der Waals surface area contributed by atoms with Crippen LogP contribution in [0.4, 0.5) is 5.69 Å². The topological polar surface area (TPSA) is 59.8 Å². The Hall–Kier alpha value is -1.40. The molecular formula is C10H8BrClN4O. The van der Waals surface area contributed by atoms with Crippen LogP contribution >= 0.6 is 27.5 Å². The van der Waals surface area contributed by atoms with Crippen LogP contribution in [0.3, 0.4) is 0 Å². The molecule has 5 nitrogen and oxygen atoms in total. The first-order valence-electron chi connectivity index (χ1n) is 4.73. The maximum Gasteiger partial charge on any atom is 0.246 e. The Labute approximate surface area is 111 Å². The van der Waals surface area contributed by atoms with Crippen LogP contribution in [0.2, 0.25) is 5.02 Å². The van der Waals surface area contributed by atoms with Crippen LogP contribution in [-0.2, 0) is 11.3 Å². The number of aromatic nitrogens is 3. The molecule has 1 aromatic carbocycles. The Morgan fingerprint density at radius 1 is 1.53 bits per heavy atom. The molecule has 88 valence electrons. The van der Waals surface area contributed by atoms with Crippen LogP contribution in [0.15, 0.2) is 35.3 Å². The van der Waals surface area contributed by atoms with E-state index in [1.165, 1.54) is 17.3 Å². The van der Waals surface area contributed by atoms with Crippen LogP contribution in [0, 0.1) is 0 Å². The third-order valence-electron chi connectivity index (χ3n) is 2.00. The fourth-order valence-electron chi connectivity index (χ4n) is 1.25. The number of nitrogens with one attached hydrogen (secondary N) is 1. The third kappa shape index (κ3) is 3.04. The second-order valence-electron chi connectivity index (χ2n) is 3.24. The SMILES string of the molecule is O=C(Cn1cncn1)Nc1cccc(Cl)c1Br. The summed E-state index contributed by atoms with van der Waals surface area (Å²) >= 11 is 9.22. The van der Waals surface area contributed by atoms with E-state index < -0.39 is 0 Å². The largest absolute Gasteiger partial charge is 0.323 e. The second-order valence-corrected chi connectivity index (χ2v) is 4.44. The summed E-state index contributed by atoms with van der Waals surface area (Å²) in [6.45, 7) is 0.110. The number of benzene rings is 1. The van der Waals surface area contributed by atoms with E-state index in [2.05, 4.69) is 31.3 Å². The number of amides is 1. The van der Waals surface area contributed by atoms with Crippen LogP contribution in [0.1, 0.15) is 0 Å². The number of carbonyl (C=O) groups excluding carboxylic acids is 1. The molecule has 0 atom stereocenters. The molecule has 2 rings (SSSR count). The van der Waals surface area contributed by atoms with Gasteiger partial charge in [0.15, 0.2) is 0 Å². The lowest BCUT2D eigenvalue weighted by atomic mass is 10.3. The van der Waals surface area contributed by atoms with Crippen molar-refractivity contribution in [3.8, 4) is 0 Å². The zero-order chi connectivity index (χ0) is 12.3. The highest BCUT2D eigenvalue weighted by Gasteiger charge is 2.08. The fourth-order valence-corrected chi connectivity index (χ4v) is 1.79. The summed E-state index contributed by atoms with van der Waals surface area (Å²) in [5.74, 6) is -0.196. The van der Waals surface area contributed by atoms with E-state index in [4.69, 9.17) is 11.6 Å².